The van der Waals surface area contributed by atoms with Crippen LogP contribution in [0.15, 0.2) is 95.3 Å². The summed E-state index contributed by atoms with van der Waals surface area (Å²) in [6, 6.07) is 23.8. The van der Waals surface area contributed by atoms with Gasteiger partial charge in [0, 0.05) is 35.7 Å². The Balaban J connectivity index is 1.46. The van der Waals surface area contributed by atoms with Crippen molar-refractivity contribution in [3.05, 3.63) is 118 Å². The minimum absolute atomic E-state index is 0.0242. The highest BCUT2D eigenvalue weighted by molar-refractivity contribution is 6.04. The van der Waals surface area contributed by atoms with Crippen molar-refractivity contribution in [1.29, 1.82) is 0 Å². The van der Waals surface area contributed by atoms with Crippen LogP contribution in [0.3, 0.4) is 0 Å². The molecular weight excluding hydrogens is 502 g/mol. The maximum Gasteiger partial charge on any atom is 0.336 e. The fraction of sp³-hybridized carbons (Fsp3) is 0.294. The second-order valence-corrected chi connectivity index (χ2v) is 10.4. The zero-order chi connectivity index (χ0) is 28.2. The fourth-order valence-corrected chi connectivity index (χ4v) is 5.82. The van der Waals surface area contributed by atoms with Crippen molar-refractivity contribution in [2.75, 3.05) is 20.8 Å². The lowest BCUT2D eigenvalue weighted by molar-refractivity contribution is -0.139. The monoisotopic (exact) mass is 537 g/mol. The normalized spacial score (nSPS) is 18.6. The van der Waals surface area contributed by atoms with Crippen molar-refractivity contribution in [1.82, 2.24) is 5.32 Å². The number of ether oxygens (including phenoxy) is 3. The lowest BCUT2D eigenvalue weighted by Gasteiger charge is -2.37. The zero-order valence-electron chi connectivity index (χ0n) is 23.5. The molecule has 1 N–H and O–H groups in total. The summed E-state index contributed by atoms with van der Waals surface area (Å²) in [7, 11) is 3.22. The average molecular weight is 538 g/mol. The predicted octanol–water partition coefficient (Wildman–Crippen LogP) is 6.16. The molecule has 3 aromatic rings. The molecule has 0 saturated heterocycles. The van der Waals surface area contributed by atoms with Crippen LogP contribution in [0.2, 0.25) is 0 Å². The topological polar surface area (TPSA) is 73.9 Å². The molecule has 2 atom stereocenters. The smallest absolute Gasteiger partial charge is 0.336 e. The lowest BCUT2D eigenvalue weighted by atomic mass is 9.71. The molecule has 0 bridgehead atoms. The van der Waals surface area contributed by atoms with E-state index in [0.29, 0.717) is 41.9 Å². The maximum atomic E-state index is 13.9. The molecule has 0 aromatic heterocycles. The molecule has 0 fully saturated rings. The van der Waals surface area contributed by atoms with E-state index in [1.54, 1.807) is 14.2 Å². The number of esters is 1. The Labute approximate surface area is 235 Å². The van der Waals surface area contributed by atoms with Gasteiger partial charge in [-0.2, -0.15) is 0 Å². The van der Waals surface area contributed by atoms with Gasteiger partial charge in [-0.05, 0) is 55.0 Å². The van der Waals surface area contributed by atoms with Crippen LogP contribution in [0.25, 0.3) is 0 Å². The number of dihydropyridines is 1. The molecule has 1 heterocycles. The summed E-state index contributed by atoms with van der Waals surface area (Å²) >= 11 is 0. The van der Waals surface area contributed by atoms with Crippen molar-refractivity contribution in [2.24, 2.45) is 0 Å². The van der Waals surface area contributed by atoms with Gasteiger partial charge >= 0.3 is 5.97 Å². The number of nitrogens with one attached hydrogen (secondary N) is 1. The first-order chi connectivity index (χ1) is 19.4. The number of ketones is 1. The first-order valence-electron chi connectivity index (χ1n) is 13.6. The quantitative estimate of drug-likeness (QED) is 0.347. The Hall–Kier alpha value is -4.32. The number of aryl methyl sites for hydroxylation is 1. The van der Waals surface area contributed by atoms with Crippen LogP contribution >= 0.6 is 0 Å². The van der Waals surface area contributed by atoms with Crippen LogP contribution in [0.1, 0.15) is 53.9 Å². The van der Waals surface area contributed by atoms with Crippen LogP contribution in [-0.2, 0) is 20.7 Å². The summed E-state index contributed by atoms with van der Waals surface area (Å²) in [6.07, 6.45) is 1.61. The fourth-order valence-electron chi connectivity index (χ4n) is 5.82. The van der Waals surface area contributed by atoms with Gasteiger partial charge in [-0.25, -0.2) is 4.79 Å². The molecule has 0 radical (unpaired) electrons. The average Bonchev–Trinajstić information content (AvgIpc) is 2.96. The molecule has 40 heavy (non-hydrogen) atoms. The molecule has 206 valence electrons. The third kappa shape index (κ3) is 5.53. The SMILES string of the molecule is COc1ccc([C@H]2CC(=O)C3=C(C2)NC(C)=C(C(=O)OCCc2ccccc2)[C@H]3c2cccc(C)c2)cc1OC. The summed E-state index contributed by atoms with van der Waals surface area (Å²) in [5.74, 6) is 0.412. The first kappa shape index (κ1) is 27.3. The Morgan fingerprint density at radius 1 is 0.875 bits per heavy atom. The standard InChI is InChI=1S/C34H35NO5/c1-21-9-8-12-25(17-21)32-31(34(37)40-16-15-23-10-6-5-7-11-23)22(2)35-27-18-26(19-28(36)33(27)32)24-13-14-29(38-3)30(20-24)39-4/h5-14,17,20,26,32,35H,15-16,18-19H2,1-4H3/t26-,32-/m1/s1. The molecule has 0 unspecified atom stereocenters. The second kappa shape index (κ2) is 11.8. The number of carbonyl (C=O) groups is 2. The van der Waals surface area contributed by atoms with Gasteiger partial charge in [0.25, 0.3) is 0 Å². The Kier molecular flexibility index (Phi) is 8.06. The highest BCUT2D eigenvalue weighted by Crippen LogP contribution is 2.46. The summed E-state index contributed by atoms with van der Waals surface area (Å²) < 4.78 is 16.7. The Morgan fingerprint density at radius 3 is 2.38 bits per heavy atom. The van der Waals surface area contributed by atoms with Crippen LogP contribution < -0.4 is 14.8 Å². The summed E-state index contributed by atoms with van der Waals surface area (Å²) in [5.41, 5.74) is 6.83. The molecule has 0 saturated carbocycles. The minimum atomic E-state index is -0.487. The third-order valence-electron chi connectivity index (χ3n) is 7.77. The van der Waals surface area contributed by atoms with Crippen LogP contribution in [-0.4, -0.2) is 32.6 Å². The minimum Gasteiger partial charge on any atom is -0.493 e. The molecular formula is C34H35NO5. The van der Waals surface area contributed by atoms with E-state index in [0.717, 1.165) is 33.6 Å². The first-order valence-corrected chi connectivity index (χ1v) is 13.6. The van der Waals surface area contributed by atoms with Gasteiger partial charge in [-0.1, -0.05) is 66.2 Å². The Morgan fingerprint density at radius 2 is 1.65 bits per heavy atom. The van der Waals surface area contributed by atoms with Crippen molar-refractivity contribution < 1.29 is 23.8 Å². The lowest BCUT2D eigenvalue weighted by Crippen LogP contribution is -2.36. The predicted molar refractivity (Wildman–Crippen MR) is 154 cm³/mol. The van der Waals surface area contributed by atoms with Gasteiger partial charge in [0.1, 0.15) is 0 Å². The molecule has 0 spiro atoms. The van der Waals surface area contributed by atoms with E-state index in [1.807, 2.05) is 80.6 Å². The summed E-state index contributed by atoms with van der Waals surface area (Å²) in [6.45, 7) is 4.18. The van der Waals surface area contributed by atoms with Gasteiger partial charge in [-0.3, -0.25) is 4.79 Å². The van der Waals surface area contributed by atoms with Gasteiger partial charge in [0.15, 0.2) is 17.3 Å². The van der Waals surface area contributed by atoms with E-state index in [1.165, 1.54) is 0 Å². The number of Topliss-reactive ketones (excluding diaryl/α,β-unsaturated/α-hetero) is 1. The van der Waals surface area contributed by atoms with Crippen LogP contribution in [0.5, 0.6) is 11.5 Å². The summed E-state index contributed by atoms with van der Waals surface area (Å²) in [4.78, 5) is 27.5. The van der Waals surface area contributed by atoms with Gasteiger partial charge < -0.3 is 19.5 Å². The highest BCUT2D eigenvalue weighted by atomic mass is 16.5. The number of hydrogen-bond acceptors (Lipinski definition) is 6. The van der Waals surface area contributed by atoms with E-state index >= 15 is 0 Å². The van der Waals surface area contributed by atoms with E-state index < -0.39 is 11.9 Å². The highest BCUT2D eigenvalue weighted by Gasteiger charge is 2.41. The van der Waals surface area contributed by atoms with Gasteiger partial charge in [0.05, 0.1) is 26.4 Å². The van der Waals surface area contributed by atoms with Crippen molar-refractivity contribution >= 4 is 11.8 Å². The molecule has 5 rings (SSSR count). The van der Waals surface area contributed by atoms with Crippen molar-refractivity contribution in [2.45, 2.75) is 44.9 Å². The van der Waals surface area contributed by atoms with E-state index in [4.69, 9.17) is 14.2 Å². The van der Waals surface area contributed by atoms with E-state index in [2.05, 4.69) is 11.4 Å². The molecule has 1 aliphatic carbocycles. The molecule has 2 aliphatic rings. The molecule has 1 aliphatic heterocycles. The molecule has 0 amide bonds. The number of carbonyl (C=O) groups excluding carboxylic acids is 2. The number of benzene rings is 3. The summed E-state index contributed by atoms with van der Waals surface area (Å²) in [5, 5.41) is 3.43. The van der Waals surface area contributed by atoms with Crippen LogP contribution in [0.4, 0.5) is 0 Å². The van der Waals surface area contributed by atoms with Gasteiger partial charge in [0.2, 0.25) is 0 Å². The zero-order valence-corrected chi connectivity index (χ0v) is 23.5. The van der Waals surface area contributed by atoms with Gasteiger partial charge in [-0.15, -0.1) is 0 Å². The van der Waals surface area contributed by atoms with E-state index in [9.17, 15) is 9.59 Å². The maximum absolute atomic E-state index is 13.9. The largest absolute Gasteiger partial charge is 0.493 e. The number of allylic oxidation sites excluding steroid dienone is 3. The third-order valence-corrected chi connectivity index (χ3v) is 7.77. The van der Waals surface area contributed by atoms with Crippen LogP contribution in [0, 0.1) is 6.92 Å². The number of rotatable bonds is 8. The van der Waals surface area contributed by atoms with Crippen molar-refractivity contribution in [3.8, 4) is 11.5 Å². The Bertz CT molecular complexity index is 1490. The molecule has 3 aromatic carbocycles. The number of hydrogen-bond donors (Lipinski definition) is 1. The molecule has 6 heteroatoms. The second-order valence-electron chi connectivity index (χ2n) is 10.4. The number of methoxy groups -OCH3 is 2. The van der Waals surface area contributed by atoms with E-state index in [-0.39, 0.29) is 18.3 Å². The molecule has 6 nitrogen and oxygen atoms in total. The van der Waals surface area contributed by atoms with Crippen molar-refractivity contribution in [3.63, 3.8) is 0 Å².